The third kappa shape index (κ3) is 3.49. The van der Waals surface area contributed by atoms with Gasteiger partial charge in [0.05, 0.1) is 23.1 Å². The number of anilines is 1. The van der Waals surface area contributed by atoms with E-state index in [0.29, 0.717) is 21.6 Å². The smallest absolute Gasteiger partial charge is 0.141 e. The molecule has 1 aromatic heterocycles. The molecule has 0 unspecified atom stereocenters. The Labute approximate surface area is 113 Å². The molecule has 3 nitrogen and oxygen atoms in total. The van der Waals surface area contributed by atoms with Crippen molar-refractivity contribution in [1.82, 2.24) is 9.97 Å². The first-order chi connectivity index (χ1) is 8.15. The van der Waals surface area contributed by atoms with Gasteiger partial charge in [0.25, 0.3) is 0 Å². The van der Waals surface area contributed by atoms with E-state index in [9.17, 15) is 0 Å². The van der Waals surface area contributed by atoms with Crippen LogP contribution in [0.2, 0.25) is 10.0 Å². The van der Waals surface area contributed by atoms with Gasteiger partial charge in [-0.2, -0.15) is 0 Å². The van der Waals surface area contributed by atoms with Crippen molar-refractivity contribution in [3.05, 3.63) is 46.3 Å². The monoisotopic (exact) mass is 285 g/mol. The molecule has 0 saturated heterocycles. The van der Waals surface area contributed by atoms with Gasteiger partial charge < -0.3 is 5.73 Å². The largest absolute Gasteiger partial charge is 0.382 e. The Balaban J connectivity index is 2.07. The zero-order valence-corrected chi connectivity index (χ0v) is 11.1. The highest BCUT2D eigenvalue weighted by Gasteiger charge is 2.03. The summed E-state index contributed by atoms with van der Waals surface area (Å²) < 4.78 is 0. The Morgan fingerprint density at radius 1 is 1.18 bits per heavy atom. The molecule has 0 amide bonds. The summed E-state index contributed by atoms with van der Waals surface area (Å²) in [7, 11) is 0. The van der Waals surface area contributed by atoms with Gasteiger partial charge in [-0.3, -0.25) is 4.98 Å². The maximum Gasteiger partial charge on any atom is 0.141 e. The van der Waals surface area contributed by atoms with Crippen LogP contribution in [0, 0.1) is 0 Å². The summed E-state index contributed by atoms with van der Waals surface area (Å²) in [6.45, 7) is 0. The van der Waals surface area contributed by atoms with Gasteiger partial charge in [0.1, 0.15) is 5.82 Å². The SMILES string of the molecule is Nc1cnc(CSc2cc(Cl)ccc2Cl)cn1. The second-order valence-electron chi connectivity index (χ2n) is 3.30. The zero-order valence-electron chi connectivity index (χ0n) is 8.73. The van der Waals surface area contributed by atoms with E-state index in [1.165, 1.54) is 6.20 Å². The maximum atomic E-state index is 6.05. The quantitative estimate of drug-likeness (QED) is 0.875. The summed E-state index contributed by atoms with van der Waals surface area (Å²) in [5.74, 6) is 1.09. The molecule has 0 saturated carbocycles. The number of nitrogen functional groups attached to an aromatic ring is 1. The normalized spacial score (nSPS) is 10.5. The Morgan fingerprint density at radius 2 is 2.00 bits per heavy atom. The molecule has 0 aliphatic rings. The molecule has 0 aliphatic carbocycles. The fourth-order valence-electron chi connectivity index (χ4n) is 1.18. The molecule has 0 radical (unpaired) electrons. The number of rotatable bonds is 3. The summed E-state index contributed by atoms with van der Waals surface area (Å²) >= 11 is 13.5. The van der Waals surface area contributed by atoms with Gasteiger partial charge in [-0.25, -0.2) is 4.98 Å². The van der Waals surface area contributed by atoms with Gasteiger partial charge in [-0.1, -0.05) is 23.2 Å². The van der Waals surface area contributed by atoms with Gasteiger partial charge in [-0.05, 0) is 18.2 Å². The molecule has 0 aliphatic heterocycles. The number of hydrogen-bond acceptors (Lipinski definition) is 4. The molecule has 6 heteroatoms. The fourth-order valence-corrected chi connectivity index (χ4v) is 2.57. The summed E-state index contributed by atoms with van der Waals surface area (Å²) in [6, 6.07) is 5.37. The minimum absolute atomic E-state index is 0.416. The topological polar surface area (TPSA) is 51.8 Å². The van der Waals surface area contributed by atoms with Crippen molar-refractivity contribution < 1.29 is 0 Å². The molecule has 0 atom stereocenters. The lowest BCUT2D eigenvalue weighted by Crippen LogP contribution is -1.94. The molecule has 1 heterocycles. The van der Waals surface area contributed by atoms with Crippen LogP contribution in [0.5, 0.6) is 0 Å². The number of aromatic nitrogens is 2. The average molecular weight is 286 g/mol. The van der Waals surface area contributed by atoms with Gasteiger partial charge in [0, 0.05) is 15.7 Å². The lowest BCUT2D eigenvalue weighted by atomic mass is 10.4. The van der Waals surface area contributed by atoms with Gasteiger partial charge in [-0.15, -0.1) is 11.8 Å². The predicted molar refractivity (Wildman–Crippen MR) is 72.5 cm³/mol. The van der Waals surface area contributed by atoms with Crippen LogP contribution in [-0.2, 0) is 5.75 Å². The number of benzene rings is 1. The standard InChI is InChI=1S/C11H9Cl2N3S/c12-7-1-2-9(13)10(3-7)17-6-8-4-16-11(14)5-15-8/h1-5H,6H2,(H2,14,16). The second kappa shape index (κ2) is 5.58. The van der Waals surface area contributed by atoms with Crippen LogP contribution in [0.1, 0.15) is 5.69 Å². The van der Waals surface area contributed by atoms with Crippen molar-refractivity contribution in [2.45, 2.75) is 10.6 Å². The minimum Gasteiger partial charge on any atom is -0.382 e. The average Bonchev–Trinajstić information content (AvgIpc) is 2.32. The van der Waals surface area contributed by atoms with E-state index in [-0.39, 0.29) is 0 Å². The number of hydrogen-bond donors (Lipinski definition) is 1. The number of nitrogens with zero attached hydrogens (tertiary/aromatic N) is 2. The molecule has 0 fully saturated rings. The van der Waals surface area contributed by atoms with Crippen LogP contribution in [0.15, 0.2) is 35.5 Å². The van der Waals surface area contributed by atoms with Crippen LogP contribution in [0.25, 0.3) is 0 Å². The third-order valence-electron chi connectivity index (χ3n) is 1.99. The van der Waals surface area contributed by atoms with Crippen molar-refractivity contribution >= 4 is 40.8 Å². The summed E-state index contributed by atoms with van der Waals surface area (Å²) in [5.41, 5.74) is 6.31. The van der Waals surface area contributed by atoms with Crippen LogP contribution in [0.4, 0.5) is 5.82 Å². The molecule has 0 bridgehead atoms. The van der Waals surface area contributed by atoms with Gasteiger partial charge in [0.2, 0.25) is 0 Å². The Hall–Kier alpha value is -0.970. The van der Waals surface area contributed by atoms with Gasteiger partial charge >= 0.3 is 0 Å². The van der Waals surface area contributed by atoms with Crippen molar-refractivity contribution in [2.75, 3.05) is 5.73 Å². The third-order valence-corrected chi connectivity index (χ3v) is 3.76. The first-order valence-electron chi connectivity index (χ1n) is 4.79. The fraction of sp³-hybridized carbons (Fsp3) is 0.0909. The second-order valence-corrected chi connectivity index (χ2v) is 5.16. The predicted octanol–water partition coefficient (Wildman–Crippen LogP) is 3.66. The van der Waals surface area contributed by atoms with E-state index in [0.717, 1.165) is 10.6 Å². The first-order valence-corrected chi connectivity index (χ1v) is 6.53. The Morgan fingerprint density at radius 3 is 2.71 bits per heavy atom. The van der Waals surface area contributed by atoms with E-state index in [4.69, 9.17) is 28.9 Å². The summed E-state index contributed by atoms with van der Waals surface area (Å²) in [5, 5.41) is 1.35. The van der Waals surface area contributed by atoms with Crippen LogP contribution >= 0.6 is 35.0 Å². The van der Waals surface area contributed by atoms with E-state index < -0.39 is 0 Å². The van der Waals surface area contributed by atoms with E-state index in [2.05, 4.69) is 9.97 Å². The van der Waals surface area contributed by atoms with Crippen molar-refractivity contribution in [3.63, 3.8) is 0 Å². The molecule has 0 spiro atoms. The lowest BCUT2D eigenvalue weighted by molar-refractivity contribution is 1.11. The highest BCUT2D eigenvalue weighted by atomic mass is 35.5. The maximum absolute atomic E-state index is 6.05. The highest BCUT2D eigenvalue weighted by Crippen LogP contribution is 2.31. The number of thioether (sulfide) groups is 1. The molecule has 2 N–H and O–H groups in total. The molecule has 2 aromatic rings. The van der Waals surface area contributed by atoms with E-state index in [1.54, 1.807) is 30.1 Å². The first kappa shape index (κ1) is 12.5. The Kier molecular flexibility index (Phi) is 4.10. The molecular formula is C11H9Cl2N3S. The number of halogens is 2. The minimum atomic E-state index is 0.416. The van der Waals surface area contributed by atoms with Crippen molar-refractivity contribution in [1.29, 1.82) is 0 Å². The summed E-state index contributed by atoms with van der Waals surface area (Å²) in [4.78, 5) is 9.06. The molecular weight excluding hydrogens is 277 g/mol. The van der Waals surface area contributed by atoms with Crippen molar-refractivity contribution in [3.8, 4) is 0 Å². The lowest BCUT2D eigenvalue weighted by Gasteiger charge is -2.04. The van der Waals surface area contributed by atoms with Crippen molar-refractivity contribution in [2.24, 2.45) is 0 Å². The molecule has 88 valence electrons. The molecule has 2 rings (SSSR count). The highest BCUT2D eigenvalue weighted by molar-refractivity contribution is 7.98. The molecule has 17 heavy (non-hydrogen) atoms. The van der Waals surface area contributed by atoms with Crippen LogP contribution in [-0.4, -0.2) is 9.97 Å². The summed E-state index contributed by atoms with van der Waals surface area (Å²) in [6.07, 6.45) is 3.19. The Bertz CT molecular complexity index is 517. The van der Waals surface area contributed by atoms with E-state index >= 15 is 0 Å². The van der Waals surface area contributed by atoms with Gasteiger partial charge in [0.15, 0.2) is 0 Å². The molecule has 1 aromatic carbocycles. The number of nitrogens with two attached hydrogens (primary N) is 1. The van der Waals surface area contributed by atoms with E-state index in [1.807, 2.05) is 6.07 Å². The zero-order chi connectivity index (χ0) is 12.3. The van der Waals surface area contributed by atoms with Crippen LogP contribution in [0.3, 0.4) is 0 Å². The van der Waals surface area contributed by atoms with Crippen LogP contribution < -0.4 is 5.73 Å².